The van der Waals surface area contributed by atoms with Crippen LogP contribution < -0.4 is 4.90 Å². The molecule has 23 heavy (non-hydrogen) atoms. The lowest BCUT2D eigenvalue weighted by molar-refractivity contribution is 0.312. The highest BCUT2D eigenvalue weighted by molar-refractivity contribution is 5.91. The van der Waals surface area contributed by atoms with Crippen molar-refractivity contribution in [3.63, 3.8) is 0 Å². The molecule has 1 saturated heterocycles. The summed E-state index contributed by atoms with van der Waals surface area (Å²) >= 11 is 0. The maximum absolute atomic E-state index is 4.92. The minimum absolute atomic E-state index is 0.804. The Kier molecular flexibility index (Phi) is 3.67. The van der Waals surface area contributed by atoms with E-state index in [4.69, 9.17) is 9.97 Å². The highest BCUT2D eigenvalue weighted by Gasteiger charge is 2.19. The maximum Gasteiger partial charge on any atom is 0.162 e. The summed E-state index contributed by atoms with van der Waals surface area (Å²) in [4.78, 5) is 14.4. The van der Waals surface area contributed by atoms with Crippen LogP contribution in [0.1, 0.15) is 0 Å². The highest BCUT2D eigenvalue weighted by atomic mass is 15.3. The first-order valence-corrected chi connectivity index (χ1v) is 8.07. The Morgan fingerprint density at radius 3 is 2.26 bits per heavy atom. The molecule has 4 rings (SSSR count). The Labute approximate surface area is 136 Å². The Hall–Kier alpha value is -2.46. The van der Waals surface area contributed by atoms with Gasteiger partial charge in [0, 0.05) is 37.1 Å². The summed E-state index contributed by atoms with van der Waals surface area (Å²) in [7, 11) is 2.17. The number of likely N-dealkylation sites (N-methyl/N-ethyl adjacent to an activating group) is 1. The standard InChI is InChI=1S/C19H20N4/c1-22-11-13-23(14-12-22)19-16-9-5-6-10-17(16)20-18(21-19)15-7-3-2-4-8-15/h2-10H,11-14H2,1H3. The molecule has 3 aromatic rings. The Morgan fingerprint density at radius 1 is 0.783 bits per heavy atom. The van der Waals surface area contributed by atoms with Gasteiger partial charge in [0.05, 0.1) is 5.52 Å². The monoisotopic (exact) mass is 304 g/mol. The normalized spacial score (nSPS) is 16.0. The van der Waals surface area contributed by atoms with E-state index in [0.29, 0.717) is 0 Å². The fraction of sp³-hybridized carbons (Fsp3) is 0.263. The van der Waals surface area contributed by atoms with Gasteiger partial charge in [-0.1, -0.05) is 42.5 Å². The van der Waals surface area contributed by atoms with E-state index in [1.54, 1.807) is 0 Å². The summed E-state index contributed by atoms with van der Waals surface area (Å²) in [6.45, 7) is 4.15. The number of para-hydroxylation sites is 1. The SMILES string of the molecule is CN1CCN(c2nc(-c3ccccc3)nc3ccccc23)CC1. The molecule has 0 spiro atoms. The van der Waals surface area contributed by atoms with Gasteiger partial charge in [-0.15, -0.1) is 0 Å². The first-order valence-electron chi connectivity index (χ1n) is 8.07. The van der Waals surface area contributed by atoms with Gasteiger partial charge < -0.3 is 9.80 Å². The molecule has 0 atom stereocenters. The van der Waals surface area contributed by atoms with Crippen LogP contribution in [-0.4, -0.2) is 48.1 Å². The minimum atomic E-state index is 0.804. The summed E-state index contributed by atoms with van der Waals surface area (Å²) in [6.07, 6.45) is 0. The Bertz CT molecular complexity index is 808. The van der Waals surface area contributed by atoms with Crippen LogP contribution in [0.15, 0.2) is 54.6 Å². The fourth-order valence-electron chi connectivity index (χ4n) is 3.04. The quantitative estimate of drug-likeness (QED) is 0.728. The molecule has 1 fully saturated rings. The third-order valence-electron chi connectivity index (χ3n) is 4.42. The van der Waals surface area contributed by atoms with E-state index in [-0.39, 0.29) is 0 Å². The predicted octanol–water partition coefficient (Wildman–Crippen LogP) is 3.05. The van der Waals surface area contributed by atoms with Crippen molar-refractivity contribution in [1.82, 2.24) is 14.9 Å². The highest BCUT2D eigenvalue weighted by Crippen LogP contribution is 2.28. The second-order valence-electron chi connectivity index (χ2n) is 6.04. The second-order valence-corrected chi connectivity index (χ2v) is 6.04. The van der Waals surface area contributed by atoms with E-state index in [0.717, 1.165) is 54.3 Å². The number of rotatable bonds is 2. The van der Waals surface area contributed by atoms with Crippen molar-refractivity contribution in [1.29, 1.82) is 0 Å². The van der Waals surface area contributed by atoms with Crippen LogP contribution in [0.2, 0.25) is 0 Å². The van der Waals surface area contributed by atoms with E-state index >= 15 is 0 Å². The predicted molar refractivity (Wildman–Crippen MR) is 94.7 cm³/mol. The van der Waals surface area contributed by atoms with Gasteiger partial charge in [0.1, 0.15) is 5.82 Å². The van der Waals surface area contributed by atoms with Crippen molar-refractivity contribution >= 4 is 16.7 Å². The molecule has 0 bridgehead atoms. The van der Waals surface area contributed by atoms with Crippen LogP contribution in [0.4, 0.5) is 5.82 Å². The molecule has 1 aromatic heterocycles. The van der Waals surface area contributed by atoms with Gasteiger partial charge in [0.25, 0.3) is 0 Å². The van der Waals surface area contributed by atoms with Gasteiger partial charge in [0.2, 0.25) is 0 Å². The molecular weight excluding hydrogens is 284 g/mol. The average Bonchev–Trinajstić information content (AvgIpc) is 2.62. The molecule has 0 radical (unpaired) electrons. The molecule has 0 amide bonds. The van der Waals surface area contributed by atoms with Crippen molar-refractivity contribution in [3.05, 3.63) is 54.6 Å². The van der Waals surface area contributed by atoms with Gasteiger partial charge in [-0.2, -0.15) is 0 Å². The van der Waals surface area contributed by atoms with Crippen LogP contribution in [0, 0.1) is 0 Å². The molecule has 0 saturated carbocycles. The van der Waals surface area contributed by atoms with E-state index in [9.17, 15) is 0 Å². The summed E-state index contributed by atoms with van der Waals surface area (Å²) in [5.74, 6) is 1.86. The van der Waals surface area contributed by atoms with E-state index < -0.39 is 0 Å². The third-order valence-corrected chi connectivity index (χ3v) is 4.42. The van der Waals surface area contributed by atoms with Gasteiger partial charge >= 0.3 is 0 Å². The molecule has 1 aliphatic rings. The summed E-state index contributed by atoms with van der Waals surface area (Å²) in [5.41, 5.74) is 2.07. The number of benzene rings is 2. The molecule has 4 nitrogen and oxygen atoms in total. The average molecular weight is 304 g/mol. The number of fused-ring (bicyclic) bond motifs is 1. The molecule has 1 aliphatic heterocycles. The topological polar surface area (TPSA) is 32.3 Å². The van der Waals surface area contributed by atoms with Crippen molar-refractivity contribution in [2.75, 3.05) is 38.1 Å². The molecule has 0 aliphatic carbocycles. The number of hydrogen-bond donors (Lipinski definition) is 0. The molecule has 116 valence electrons. The van der Waals surface area contributed by atoms with Crippen LogP contribution in [-0.2, 0) is 0 Å². The largest absolute Gasteiger partial charge is 0.353 e. The first kappa shape index (κ1) is 14.2. The fourth-order valence-corrected chi connectivity index (χ4v) is 3.04. The summed E-state index contributed by atoms with van der Waals surface area (Å²) in [6, 6.07) is 18.5. The number of hydrogen-bond acceptors (Lipinski definition) is 4. The molecule has 0 unspecified atom stereocenters. The lowest BCUT2D eigenvalue weighted by Gasteiger charge is -2.33. The van der Waals surface area contributed by atoms with Crippen LogP contribution in [0.3, 0.4) is 0 Å². The van der Waals surface area contributed by atoms with Gasteiger partial charge in [0.15, 0.2) is 5.82 Å². The zero-order chi connectivity index (χ0) is 15.6. The van der Waals surface area contributed by atoms with Crippen molar-refractivity contribution in [3.8, 4) is 11.4 Å². The summed E-state index contributed by atoms with van der Waals surface area (Å²) in [5, 5.41) is 1.14. The van der Waals surface area contributed by atoms with Gasteiger partial charge in [-0.25, -0.2) is 9.97 Å². The lowest BCUT2D eigenvalue weighted by Crippen LogP contribution is -2.45. The number of nitrogens with zero attached hydrogens (tertiary/aromatic N) is 4. The molecule has 2 aromatic carbocycles. The van der Waals surface area contributed by atoms with Crippen molar-refractivity contribution in [2.45, 2.75) is 0 Å². The van der Waals surface area contributed by atoms with Gasteiger partial charge in [-0.05, 0) is 19.2 Å². The third kappa shape index (κ3) is 2.78. The smallest absolute Gasteiger partial charge is 0.162 e. The molecule has 4 heteroatoms. The molecular formula is C19H20N4. The molecule has 2 heterocycles. The minimum Gasteiger partial charge on any atom is -0.353 e. The number of aromatic nitrogens is 2. The lowest BCUT2D eigenvalue weighted by atomic mass is 10.1. The van der Waals surface area contributed by atoms with Crippen LogP contribution in [0.25, 0.3) is 22.3 Å². The summed E-state index contributed by atoms with van der Waals surface area (Å²) < 4.78 is 0. The van der Waals surface area contributed by atoms with Gasteiger partial charge in [-0.3, -0.25) is 0 Å². The van der Waals surface area contributed by atoms with E-state index in [1.165, 1.54) is 0 Å². The number of anilines is 1. The zero-order valence-corrected chi connectivity index (χ0v) is 13.3. The molecule has 0 N–H and O–H groups in total. The van der Waals surface area contributed by atoms with Crippen molar-refractivity contribution in [2.24, 2.45) is 0 Å². The Morgan fingerprint density at radius 2 is 1.48 bits per heavy atom. The Balaban J connectivity index is 1.84. The van der Waals surface area contributed by atoms with Crippen LogP contribution >= 0.6 is 0 Å². The number of piperazine rings is 1. The van der Waals surface area contributed by atoms with E-state index in [2.05, 4.69) is 47.2 Å². The first-order chi connectivity index (χ1) is 11.3. The van der Waals surface area contributed by atoms with E-state index in [1.807, 2.05) is 24.3 Å². The zero-order valence-electron chi connectivity index (χ0n) is 13.3. The van der Waals surface area contributed by atoms with Crippen LogP contribution in [0.5, 0.6) is 0 Å². The maximum atomic E-state index is 4.92. The second kappa shape index (κ2) is 5.97. The van der Waals surface area contributed by atoms with Crippen molar-refractivity contribution < 1.29 is 0 Å².